The van der Waals surface area contributed by atoms with Crippen LogP contribution in [0.15, 0.2) is 48.5 Å². The second-order valence-electron chi connectivity index (χ2n) is 7.93. The number of fused-ring (bicyclic) bond motifs is 1. The van der Waals surface area contributed by atoms with Crippen LogP contribution < -0.4 is 10.5 Å². The van der Waals surface area contributed by atoms with Crippen LogP contribution in [0.5, 0.6) is 5.75 Å². The molecule has 2 aliphatic carbocycles. The molecule has 26 heavy (non-hydrogen) atoms. The van der Waals surface area contributed by atoms with Crippen molar-refractivity contribution in [2.75, 3.05) is 0 Å². The molecule has 2 aromatic carbocycles. The lowest BCUT2D eigenvalue weighted by Crippen LogP contribution is -2.33. The highest BCUT2D eigenvalue weighted by Gasteiger charge is 2.37. The summed E-state index contributed by atoms with van der Waals surface area (Å²) in [6, 6.07) is 16.9. The van der Waals surface area contributed by atoms with Gasteiger partial charge in [0.25, 0.3) is 0 Å². The Morgan fingerprint density at radius 2 is 1.69 bits per heavy atom. The summed E-state index contributed by atoms with van der Waals surface area (Å²) in [5.41, 5.74) is 9.17. The zero-order chi connectivity index (χ0) is 17.9. The Hall–Kier alpha value is -1.51. The summed E-state index contributed by atoms with van der Waals surface area (Å²) in [4.78, 5) is 0. The first-order chi connectivity index (χ1) is 12.7. The van der Waals surface area contributed by atoms with E-state index in [4.69, 9.17) is 22.1 Å². The zero-order valence-electron chi connectivity index (χ0n) is 15.2. The highest BCUT2D eigenvalue weighted by Crippen LogP contribution is 2.45. The second kappa shape index (κ2) is 8.02. The van der Waals surface area contributed by atoms with Crippen molar-refractivity contribution in [1.82, 2.24) is 0 Å². The van der Waals surface area contributed by atoms with Gasteiger partial charge in [-0.05, 0) is 73.4 Å². The van der Waals surface area contributed by atoms with E-state index in [1.807, 2.05) is 24.3 Å². The van der Waals surface area contributed by atoms with Crippen molar-refractivity contribution < 1.29 is 4.74 Å². The first-order valence-corrected chi connectivity index (χ1v) is 10.3. The molecule has 0 aromatic heterocycles. The Morgan fingerprint density at radius 3 is 2.54 bits per heavy atom. The number of hydrogen-bond donors (Lipinski definition) is 1. The SMILES string of the molecule is N[C@@H]1CCCCC([C@H]2CCc3ccccc3[C@@H]2Oc2ccc(Cl)cc2)C1. The van der Waals surface area contributed by atoms with Gasteiger partial charge < -0.3 is 10.5 Å². The summed E-state index contributed by atoms with van der Waals surface area (Å²) < 4.78 is 6.58. The monoisotopic (exact) mass is 369 g/mol. The van der Waals surface area contributed by atoms with Crippen molar-refractivity contribution in [1.29, 1.82) is 0 Å². The minimum Gasteiger partial charge on any atom is -0.485 e. The molecule has 1 fully saturated rings. The fourth-order valence-electron chi connectivity index (χ4n) is 4.86. The fourth-order valence-corrected chi connectivity index (χ4v) is 4.99. The molecule has 0 amide bonds. The van der Waals surface area contributed by atoms with Gasteiger partial charge in [0, 0.05) is 17.0 Å². The van der Waals surface area contributed by atoms with Crippen LogP contribution in [0.4, 0.5) is 0 Å². The minimum atomic E-state index is 0.108. The van der Waals surface area contributed by atoms with Crippen molar-refractivity contribution in [2.45, 2.75) is 57.1 Å². The zero-order valence-corrected chi connectivity index (χ0v) is 16.0. The first-order valence-electron chi connectivity index (χ1n) is 9.96. The number of rotatable bonds is 3. The Balaban J connectivity index is 1.64. The van der Waals surface area contributed by atoms with E-state index in [9.17, 15) is 0 Å². The topological polar surface area (TPSA) is 35.2 Å². The first kappa shape index (κ1) is 17.9. The molecule has 0 spiro atoms. The van der Waals surface area contributed by atoms with Crippen molar-refractivity contribution in [3.8, 4) is 5.75 Å². The van der Waals surface area contributed by atoms with E-state index in [1.54, 1.807) is 0 Å². The molecule has 0 radical (unpaired) electrons. The normalized spacial score (nSPS) is 28.8. The van der Waals surface area contributed by atoms with Crippen molar-refractivity contribution in [3.05, 3.63) is 64.7 Å². The molecule has 1 saturated carbocycles. The molecule has 0 aliphatic heterocycles. The van der Waals surface area contributed by atoms with Gasteiger partial charge >= 0.3 is 0 Å². The lowest BCUT2D eigenvalue weighted by atomic mass is 9.72. The molecule has 4 atom stereocenters. The molecule has 0 saturated heterocycles. The summed E-state index contributed by atoms with van der Waals surface area (Å²) in [6.07, 6.45) is 8.58. The number of halogens is 1. The van der Waals surface area contributed by atoms with Gasteiger partial charge in [-0.25, -0.2) is 0 Å². The van der Waals surface area contributed by atoms with E-state index in [1.165, 1.54) is 43.2 Å². The highest BCUT2D eigenvalue weighted by molar-refractivity contribution is 6.30. The molecule has 3 heteroatoms. The molecule has 2 aliphatic rings. The van der Waals surface area contributed by atoms with Crippen LogP contribution >= 0.6 is 11.6 Å². The number of hydrogen-bond acceptors (Lipinski definition) is 2. The van der Waals surface area contributed by atoms with Crippen LogP contribution in [0.25, 0.3) is 0 Å². The maximum atomic E-state index is 6.58. The standard InChI is InChI=1S/C23H28ClNO/c24-18-10-12-20(13-11-18)26-23-21-8-4-2-5-16(21)9-14-22(23)17-6-1-3-7-19(25)15-17/h2,4-5,8,10-13,17,19,22-23H,1,3,6-7,9,14-15,25H2/t17?,19-,22-,23+/m1/s1. The third kappa shape index (κ3) is 3.92. The van der Waals surface area contributed by atoms with E-state index in [0.717, 1.165) is 23.6 Å². The Morgan fingerprint density at radius 1 is 0.923 bits per heavy atom. The average Bonchev–Trinajstić information content (AvgIpc) is 2.88. The Labute approximate surface area is 161 Å². The lowest BCUT2D eigenvalue weighted by molar-refractivity contribution is 0.0709. The van der Waals surface area contributed by atoms with Gasteiger partial charge in [0.1, 0.15) is 11.9 Å². The summed E-state index contributed by atoms with van der Waals surface area (Å²) in [6.45, 7) is 0. The van der Waals surface area contributed by atoms with Crippen LogP contribution in [0, 0.1) is 11.8 Å². The largest absolute Gasteiger partial charge is 0.485 e. The van der Waals surface area contributed by atoms with Gasteiger partial charge in [-0.3, -0.25) is 0 Å². The smallest absolute Gasteiger partial charge is 0.127 e. The molecule has 2 aromatic rings. The van der Waals surface area contributed by atoms with E-state index in [0.29, 0.717) is 17.9 Å². The third-order valence-corrected chi connectivity index (χ3v) is 6.44. The molecule has 2 nitrogen and oxygen atoms in total. The van der Waals surface area contributed by atoms with Gasteiger partial charge in [0.2, 0.25) is 0 Å². The van der Waals surface area contributed by atoms with Crippen LogP contribution in [0.3, 0.4) is 0 Å². The maximum absolute atomic E-state index is 6.58. The third-order valence-electron chi connectivity index (χ3n) is 6.19. The van der Waals surface area contributed by atoms with Crippen LogP contribution in [0.2, 0.25) is 5.02 Å². The average molecular weight is 370 g/mol. The van der Waals surface area contributed by atoms with E-state index in [2.05, 4.69) is 24.3 Å². The van der Waals surface area contributed by atoms with Crippen molar-refractivity contribution in [3.63, 3.8) is 0 Å². The lowest BCUT2D eigenvalue weighted by Gasteiger charge is -2.39. The molecule has 2 N–H and O–H groups in total. The summed E-state index contributed by atoms with van der Waals surface area (Å²) in [5, 5.41) is 0.743. The fraction of sp³-hybridized carbons (Fsp3) is 0.478. The van der Waals surface area contributed by atoms with Crippen molar-refractivity contribution >= 4 is 11.6 Å². The summed E-state index contributed by atoms with van der Waals surface area (Å²) in [7, 11) is 0. The summed E-state index contributed by atoms with van der Waals surface area (Å²) >= 11 is 6.05. The van der Waals surface area contributed by atoms with Crippen LogP contribution in [0.1, 0.15) is 55.8 Å². The molecule has 138 valence electrons. The number of benzene rings is 2. The predicted molar refractivity (Wildman–Crippen MR) is 108 cm³/mol. The molecule has 0 bridgehead atoms. The van der Waals surface area contributed by atoms with Crippen LogP contribution in [-0.2, 0) is 6.42 Å². The molecular weight excluding hydrogens is 342 g/mol. The van der Waals surface area contributed by atoms with E-state index in [-0.39, 0.29) is 6.10 Å². The van der Waals surface area contributed by atoms with Gasteiger partial charge in [0.15, 0.2) is 0 Å². The van der Waals surface area contributed by atoms with Crippen molar-refractivity contribution in [2.24, 2.45) is 17.6 Å². The van der Waals surface area contributed by atoms with Gasteiger partial charge in [-0.1, -0.05) is 48.7 Å². The minimum absolute atomic E-state index is 0.108. The highest BCUT2D eigenvalue weighted by atomic mass is 35.5. The molecular formula is C23H28ClNO. The Kier molecular flexibility index (Phi) is 5.52. The number of aryl methyl sites for hydroxylation is 1. The quantitative estimate of drug-likeness (QED) is 0.680. The predicted octanol–water partition coefficient (Wildman–Crippen LogP) is 5.93. The number of ether oxygens (including phenoxy) is 1. The van der Waals surface area contributed by atoms with Gasteiger partial charge in [-0.2, -0.15) is 0 Å². The van der Waals surface area contributed by atoms with Gasteiger partial charge in [-0.15, -0.1) is 0 Å². The molecule has 0 heterocycles. The van der Waals surface area contributed by atoms with E-state index < -0.39 is 0 Å². The second-order valence-corrected chi connectivity index (χ2v) is 8.37. The summed E-state index contributed by atoms with van der Waals surface area (Å²) in [5.74, 6) is 2.09. The molecule has 4 rings (SSSR count). The van der Waals surface area contributed by atoms with Crippen LogP contribution in [-0.4, -0.2) is 6.04 Å². The number of nitrogens with two attached hydrogens (primary N) is 1. The Bertz CT molecular complexity index is 729. The maximum Gasteiger partial charge on any atom is 0.127 e. The molecule has 1 unspecified atom stereocenters. The van der Waals surface area contributed by atoms with Gasteiger partial charge in [0.05, 0.1) is 0 Å². The van der Waals surface area contributed by atoms with E-state index >= 15 is 0 Å².